The second-order valence-electron chi connectivity index (χ2n) is 2.28. The summed E-state index contributed by atoms with van der Waals surface area (Å²) in [7, 11) is 0. The molecule has 1 nitrogen and oxygen atoms in total. The second kappa shape index (κ2) is 2.92. The SMILES string of the molecule is NCC1=CC(F)=CC(F)C1. The summed E-state index contributed by atoms with van der Waals surface area (Å²) in [6, 6.07) is 0. The number of alkyl halides is 1. The molecule has 0 aromatic heterocycles. The number of allylic oxidation sites excluding steroid dienone is 3. The highest BCUT2D eigenvalue weighted by Gasteiger charge is 2.12. The molecule has 0 amide bonds. The third-order valence-corrected chi connectivity index (χ3v) is 1.40. The maximum Gasteiger partial charge on any atom is 0.125 e. The molecular weight excluding hydrogens is 136 g/mol. The molecule has 3 heteroatoms. The van der Waals surface area contributed by atoms with E-state index in [1.54, 1.807) is 0 Å². The Labute approximate surface area is 58.2 Å². The van der Waals surface area contributed by atoms with Crippen LogP contribution >= 0.6 is 0 Å². The first-order chi connectivity index (χ1) is 4.72. The van der Waals surface area contributed by atoms with Crippen LogP contribution in [-0.2, 0) is 0 Å². The predicted molar refractivity (Wildman–Crippen MR) is 35.8 cm³/mol. The average molecular weight is 145 g/mol. The Morgan fingerprint density at radius 3 is 2.90 bits per heavy atom. The Balaban J connectivity index is 2.70. The molecule has 1 rings (SSSR count). The molecule has 10 heavy (non-hydrogen) atoms. The van der Waals surface area contributed by atoms with E-state index in [2.05, 4.69) is 0 Å². The van der Waals surface area contributed by atoms with E-state index in [1.807, 2.05) is 0 Å². The third kappa shape index (κ3) is 1.64. The topological polar surface area (TPSA) is 26.0 Å². The molecule has 2 N–H and O–H groups in total. The number of hydrogen-bond donors (Lipinski definition) is 1. The van der Waals surface area contributed by atoms with Gasteiger partial charge in [-0.15, -0.1) is 0 Å². The molecule has 0 aromatic rings. The van der Waals surface area contributed by atoms with Crippen molar-refractivity contribution in [3.05, 3.63) is 23.6 Å². The van der Waals surface area contributed by atoms with Gasteiger partial charge in [-0.2, -0.15) is 0 Å². The molecule has 56 valence electrons. The Hall–Kier alpha value is -0.700. The van der Waals surface area contributed by atoms with Gasteiger partial charge >= 0.3 is 0 Å². The van der Waals surface area contributed by atoms with Crippen LogP contribution in [0, 0.1) is 0 Å². The molecule has 1 aliphatic carbocycles. The van der Waals surface area contributed by atoms with Crippen molar-refractivity contribution >= 4 is 0 Å². The van der Waals surface area contributed by atoms with Crippen LogP contribution in [0.3, 0.4) is 0 Å². The molecule has 1 aliphatic rings. The third-order valence-electron chi connectivity index (χ3n) is 1.40. The van der Waals surface area contributed by atoms with Crippen LogP contribution in [0.1, 0.15) is 6.42 Å². The summed E-state index contributed by atoms with van der Waals surface area (Å²) in [5.74, 6) is -0.515. The van der Waals surface area contributed by atoms with E-state index in [0.717, 1.165) is 6.08 Å². The Morgan fingerprint density at radius 2 is 2.40 bits per heavy atom. The van der Waals surface area contributed by atoms with Gasteiger partial charge in [-0.1, -0.05) is 5.57 Å². The molecule has 0 saturated heterocycles. The largest absolute Gasteiger partial charge is 0.327 e. The summed E-state index contributed by atoms with van der Waals surface area (Å²) in [5, 5.41) is 0. The van der Waals surface area contributed by atoms with E-state index in [9.17, 15) is 8.78 Å². The smallest absolute Gasteiger partial charge is 0.125 e. The van der Waals surface area contributed by atoms with Gasteiger partial charge in [0.25, 0.3) is 0 Å². The van der Waals surface area contributed by atoms with Crippen LogP contribution in [0.5, 0.6) is 0 Å². The van der Waals surface area contributed by atoms with Crippen molar-refractivity contribution in [2.45, 2.75) is 12.6 Å². The monoisotopic (exact) mass is 145 g/mol. The normalized spacial score (nSPS) is 25.7. The van der Waals surface area contributed by atoms with E-state index in [4.69, 9.17) is 5.73 Å². The molecule has 0 fully saturated rings. The van der Waals surface area contributed by atoms with Gasteiger partial charge in [0.1, 0.15) is 12.0 Å². The standard InChI is InChI=1S/C7H9F2N/c8-6-1-5(4-10)2-7(9)3-6/h1,3,7H,2,4,10H2. The average Bonchev–Trinajstić information content (AvgIpc) is 1.85. The highest BCUT2D eigenvalue weighted by atomic mass is 19.1. The van der Waals surface area contributed by atoms with Crippen LogP contribution in [0.4, 0.5) is 8.78 Å². The lowest BCUT2D eigenvalue weighted by molar-refractivity contribution is 0.384. The lowest BCUT2D eigenvalue weighted by Gasteiger charge is -2.10. The fourth-order valence-electron chi connectivity index (χ4n) is 0.926. The molecule has 1 atom stereocenters. The second-order valence-corrected chi connectivity index (χ2v) is 2.28. The minimum Gasteiger partial charge on any atom is -0.327 e. The van der Waals surface area contributed by atoms with Crippen molar-refractivity contribution in [2.75, 3.05) is 6.54 Å². The summed E-state index contributed by atoms with van der Waals surface area (Å²) < 4.78 is 24.8. The molecule has 0 heterocycles. The first-order valence-corrected chi connectivity index (χ1v) is 3.13. The quantitative estimate of drug-likeness (QED) is 0.594. The molecule has 0 aliphatic heterocycles. The first-order valence-electron chi connectivity index (χ1n) is 3.13. The summed E-state index contributed by atoms with van der Waals surface area (Å²) >= 11 is 0. The first kappa shape index (κ1) is 7.41. The molecule has 0 aromatic carbocycles. The number of rotatable bonds is 1. The Kier molecular flexibility index (Phi) is 2.17. The van der Waals surface area contributed by atoms with Crippen molar-refractivity contribution in [3.8, 4) is 0 Å². The zero-order valence-corrected chi connectivity index (χ0v) is 5.48. The van der Waals surface area contributed by atoms with Crippen molar-refractivity contribution in [2.24, 2.45) is 5.73 Å². The van der Waals surface area contributed by atoms with Crippen LogP contribution in [0.15, 0.2) is 23.6 Å². The zero-order chi connectivity index (χ0) is 7.56. The van der Waals surface area contributed by atoms with Crippen LogP contribution in [-0.4, -0.2) is 12.7 Å². The van der Waals surface area contributed by atoms with Crippen molar-refractivity contribution in [1.82, 2.24) is 0 Å². The van der Waals surface area contributed by atoms with E-state index >= 15 is 0 Å². The van der Waals surface area contributed by atoms with E-state index in [-0.39, 0.29) is 13.0 Å². The highest BCUT2D eigenvalue weighted by molar-refractivity contribution is 5.26. The van der Waals surface area contributed by atoms with Gasteiger partial charge in [0.05, 0.1) is 0 Å². The van der Waals surface area contributed by atoms with E-state index in [0.29, 0.717) is 5.57 Å². The number of nitrogens with two attached hydrogens (primary N) is 1. The Morgan fingerprint density at radius 1 is 1.70 bits per heavy atom. The number of hydrogen-bond acceptors (Lipinski definition) is 1. The molecule has 0 saturated carbocycles. The summed E-state index contributed by atoms with van der Waals surface area (Å²) in [6.45, 7) is 0.238. The highest BCUT2D eigenvalue weighted by Crippen LogP contribution is 2.19. The summed E-state index contributed by atoms with van der Waals surface area (Å²) in [6.07, 6.45) is 1.29. The van der Waals surface area contributed by atoms with Crippen molar-refractivity contribution in [3.63, 3.8) is 0 Å². The fraction of sp³-hybridized carbons (Fsp3) is 0.429. The van der Waals surface area contributed by atoms with E-state index < -0.39 is 12.0 Å². The maximum atomic E-state index is 12.5. The minimum atomic E-state index is -1.19. The van der Waals surface area contributed by atoms with Gasteiger partial charge in [-0.3, -0.25) is 0 Å². The lowest BCUT2D eigenvalue weighted by atomic mass is 10.0. The molecule has 0 bridgehead atoms. The predicted octanol–water partition coefficient (Wildman–Crippen LogP) is 1.47. The fourth-order valence-corrected chi connectivity index (χ4v) is 0.926. The van der Waals surface area contributed by atoms with Crippen LogP contribution in [0.25, 0.3) is 0 Å². The van der Waals surface area contributed by atoms with Gasteiger partial charge in [0.2, 0.25) is 0 Å². The molecule has 0 spiro atoms. The van der Waals surface area contributed by atoms with Crippen molar-refractivity contribution in [1.29, 1.82) is 0 Å². The molecule has 0 radical (unpaired) electrons. The molecule has 1 unspecified atom stereocenters. The van der Waals surface area contributed by atoms with Gasteiger partial charge < -0.3 is 5.73 Å². The maximum absolute atomic E-state index is 12.5. The van der Waals surface area contributed by atoms with Crippen LogP contribution < -0.4 is 5.73 Å². The number of halogens is 2. The van der Waals surface area contributed by atoms with Crippen LogP contribution in [0.2, 0.25) is 0 Å². The molecular formula is C7H9F2N. The van der Waals surface area contributed by atoms with Gasteiger partial charge in [-0.05, 0) is 12.2 Å². The van der Waals surface area contributed by atoms with E-state index in [1.165, 1.54) is 6.08 Å². The zero-order valence-electron chi connectivity index (χ0n) is 5.48. The van der Waals surface area contributed by atoms with Crippen molar-refractivity contribution < 1.29 is 8.78 Å². The van der Waals surface area contributed by atoms with Gasteiger partial charge in [0, 0.05) is 13.0 Å². The van der Waals surface area contributed by atoms with Gasteiger partial charge in [-0.25, -0.2) is 8.78 Å². The summed E-state index contributed by atoms with van der Waals surface area (Å²) in [4.78, 5) is 0. The minimum absolute atomic E-state index is 0.238. The lowest BCUT2D eigenvalue weighted by Crippen LogP contribution is -2.11. The Bertz CT molecular complexity index is 184. The van der Waals surface area contributed by atoms with Gasteiger partial charge in [0.15, 0.2) is 0 Å². The summed E-state index contributed by atoms with van der Waals surface area (Å²) in [5.41, 5.74) is 5.83.